The number of amides is 2. The van der Waals surface area contributed by atoms with Gasteiger partial charge in [0.05, 0.1) is 29.4 Å². The number of hydrogen-bond donors (Lipinski definition) is 3. The Morgan fingerprint density at radius 3 is 2.66 bits per heavy atom. The van der Waals surface area contributed by atoms with Gasteiger partial charge >= 0.3 is 35.7 Å². The van der Waals surface area contributed by atoms with E-state index in [1.54, 1.807) is 13.8 Å². The summed E-state index contributed by atoms with van der Waals surface area (Å²) >= 11 is 1.09. The van der Waals surface area contributed by atoms with Crippen LogP contribution in [0.5, 0.6) is 0 Å². The number of aliphatic carboxylic acids is 1. The maximum atomic E-state index is 13.6. The van der Waals surface area contributed by atoms with E-state index >= 15 is 0 Å². The van der Waals surface area contributed by atoms with Crippen LogP contribution in [0.15, 0.2) is 24.5 Å². The van der Waals surface area contributed by atoms with Crippen LogP contribution in [0.4, 0.5) is 18.9 Å². The van der Waals surface area contributed by atoms with Gasteiger partial charge in [0.2, 0.25) is 11.9 Å². The predicted octanol–water partition coefficient (Wildman–Crippen LogP) is -2.79. The normalized spacial score (nSPS) is 24.8. The average Bonchev–Trinajstić information content (AvgIpc) is 3.22. The molecule has 2 amide bonds. The van der Waals surface area contributed by atoms with E-state index in [4.69, 9.17) is 0 Å². The van der Waals surface area contributed by atoms with Crippen molar-refractivity contribution in [3.63, 3.8) is 0 Å². The number of imidazole rings is 1. The molecular formula is C18H17F3N5NaO4S. The number of β-lactam (4-membered cyclic amide) rings is 1. The molecule has 4 atom stereocenters. The fourth-order valence-electron chi connectivity index (χ4n) is 3.85. The third kappa shape index (κ3) is 4.18. The molecule has 14 heteroatoms. The number of H-pyrrole nitrogens is 1. The van der Waals surface area contributed by atoms with Crippen LogP contribution in [0.25, 0.3) is 11.0 Å². The number of nitrogens with zero attached hydrogens (tertiary/aromatic N) is 2. The van der Waals surface area contributed by atoms with E-state index in [1.807, 2.05) is 0 Å². The first-order chi connectivity index (χ1) is 14.4. The molecule has 3 N–H and O–H groups in total. The number of carbonyl (C=O) groups excluding carboxylic acids is 3. The van der Waals surface area contributed by atoms with Gasteiger partial charge in [-0.05, 0) is 32.0 Å². The number of hydrogen-bond acceptors (Lipinski definition) is 7. The summed E-state index contributed by atoms with van der Waals surface area (Å²) in [4.78, 5) is 44.2. The second-order valence-electron chi connectivity index (χ2n) is 7.82. The van der Waals surface area contributed by atoms with Gasteiger partial charge in [0.15, 0.2) is 0 Å². The van der Waals surface area contributed by atoms with Gasteiger partial charge in [0.25, 0.3) is 5.91 Å². The number of thioether (sulfide) groups is 1. The van der Waals surface area contributed by atoms with E-state index < -0.39 is 52.2 Å². The number of alkyl halides is 3. The number of rotatable bonds is 5. The standard InChI is InChI=1S/C18H18F3N5O4S.Na/c1-17(2)12(16(29)30)26-14(28)10(15(26)31-17)25-13(27)11(18(19,20)21)24-7-3-4-8-9(5-7)23-6-22-8;/h3-6,10-12,15,24H,1-2H3,(H,22,23)(H,25,27)(H,29,30);/q;+1/p-1/t10-,11-,12+,15-;/m1./s1. The Balaban J connectivity index is 0.00000289. The summed E-state index contributed by atoms with van der Waals surface area (Å²) in [6.07, 6.45) is -3.57. The van der Waals surface area contributed by atoms with Crippen LogP contribution in [0.2, 0.25) is 0 Å². The molecule has 9 nitrogen and oxygen atoms in total. The van der Waals surface area contributed by atoms with Gasteiger partial charge in [-0.15, -0.1) is 11.8 Å². The molecule has 0 saturated carbocycles. The van der Waals surface area contributed by atoms with Gasteiger partial charge in [0, 0.05) is 10.4 Å². The SMILES string of the molecule is CC1(C)S[C@@H]2[C@H](NC(=O)[C@@H](Nc3ccc4[nH]cnc4c3)C(F)(F)F)C(=O)N2[C@H]1C(=O)[O-].[Na+]. The molecule has 0 aliphatic carbocycles. The second-order valence-corrected chi connectivity index (χ2v) is 9.59. The van der Waals surface area contributed by atoms with Crippen LogP contribution in [-0.2, 0) is 14.4 Å². The number of fused-ring (bicyclic) bond motifs is 2. The number of benzene rings is 1. The Hall–Kier alpha value is -1.96. The van der Waals surface area contributed by atoms with E-state index in [2.05, 4.69) is 20.6 Å². The Bertz CT molecular complexity index is 1080. The van der Waals surface area contributed by atoms with E-state index in [0.717, 1.165) is 16.7 Å². The van der Waals surface area contributed by atoms with Gasteiger partial charge in [-0.2, -0.15) is 13.2 Å². The minimum atomic E-state index is -4.95. The van der Waals surface area contributed by atoms with Gasteiger partial charge < -0.3 is 30.4 Å². The quantitative estimate of drug-likeness (QED) is 0.312. The maximum Gasteiger partial charge on any atom is 1.00 e. The molecule has 32 heavy (non-hydrogen) atoms. The predicted molar refractivity (Wildman–Crippen MR) is 103 cm³/mol. The van der Waals surface area contributed by atoms with Crippen molar-refractivity contribution in [1.29, 1.82) is 0 Å². The van der Waals surface area contributed by atoms with Gasteiger partial charge in [0.1, 0.15) is 11.4 Å². The van der Waals surface area contributed by atoms with E-state index in [9.17, 15) is 32.7 Å². The summed E-state index contributed by atoms with van der Waals surface area (Å²) in [7, 11) is 0. The van der Waals surface area contributed by atoms with Crippen LogP contribution < -0.4 is 45.3 Å². The van der Waals surface area contributed by atoms with Crippen LogP contribution in [-0.4, -0.2) is 67.1 Å². The summed E-state index contributed by atoms with van der Waals surface area (Å²) in [5.41, 5.74) is 1.04. The molecule has 4 rings (SSSR count). The molecule has 0 radical (unpaired) electrons. The Labute approximate surface area is 206 Å². The van der Waals surface area contributed by atoms with Crippen molar-refractivity contribution >= 4 is 46.3 Å². The van der Waals surface area contributed by atoms with Crippen LogP contribution in [0.3, 0.4) is 0 Å². The molecule has 1 aromatic carbocycles. The smallest absolute Gasteiger partial charge is 0.548 e. The molecule has 2 aliphatic heterocycles. The van der Waals surface area contributed by atoms with Crippen molar-refractivity contribution in [3.8, 4) is 0 Å². The first-order valence-corrected chi connectivity index (χ1v) is 10.1. The second kappa shape index (κ2) is 8.43. The summed E-state index contributed by atoms with van der Waals surface area (Å²) in [5.74, 6) is -3.66. The van der Waals surface area contributed by atoms with Crippen LogP contribution in [0.1, 0.15) is 13.8 Å². The third-order valence-corrected chi connectivity index (χ3v) is 6.86. The topological polar surface area (TPSA) is 130 Å². The van der Waals surface area contributed by atoms with Crippen molar-refractivity contribution in [2.45, 2.75) is 48.3 Å². The van der Waals surface area contributed by atoms with E-state index in [0.29, 0.717) is 11.0 Å². The number of halogens is 3. The van der Waals surface area contributed by atoms with Crippen molar-refractivity contribution in [2.75, 3.05) is 5.32 Å². The molecule has 1 aromatic heterocycles. The van der Waals surface area contributed by atoms with Crippen LogP contribution in [0, 0.1) is 0 Å². The largest absolute Gasteiger partial charge is 1.00 e. The summed E-state index contributed by atoms with van der Waals surface area (Å²) < 4.78 is 39.9. The van der Waals surface area contributed by atoms with Gasteiger partial charge in [-0.3, -0.25) is 9.59 Å². The van der Waals surface area contributed by atoms with Gasteiger partial charge in [-0.1, -0.05) is 0 Å². The zero-order valence-electron chi connectivity index (χ0n) is 17.2. The molecule has 2 aliphatic rings. The Morgan fingerprint density at radius 1 is 1.34 bits per heavy atom. The van der Waals surface area contributed by atoms with Crippen LogP contribution >= 0.6 is 11.8 Å². The van der Waals surface area contributed by atoms with Crippen molar-refractivity contribution < 1.29 is 62.2 Å². The fraction of sp³-hybridized carbons (Fsp3) is 0.444. The minimum Gasteiger partial charge on any atom is -0.548 e. The monoisotopic (exact) mass is 479 g/mol. The fourth-order valence-corrected chi connectivity index (χ4v) is 5.47. The van der Waals surface area contributed by atoms with E-state index in [1.165, 1.54) is 24.5 Å². The molecule has 0 unspecified atom stereocenters. The third-order valence-electron chi connectivity index (χ3n) is 5.28. The Morgan fingerprint density at radius 2 is 2.03 bits per heavy atom. The Kier molecular flexibility index (Phi) is 6.50. The number of aromatic nitrogens is 2. The molecule has 166 valence electrons. The molecule has 2 aromatic rings. The zero-order valence-corrected chi connectivity index (χ0v) is 20.0. The molecule has 3 heterocycles. The molecular weight excluding hydrogens is 462 g/mol. The summed E-state index contributed by atoms with van der Waals surface area (Å²) in [6, 6.07) is -0.888. The number of nitrogens with one attached hydrogen (secondary N) is 3. The zero-order chi connectivity index (χ0) is 22.7. The van der Waals surface area contributed by atoms with Crippen molar-refractivity contribution in [2.24, 2.45) is 0 Å². The maximum absolute atomic E-state index is 13.6. The number of carboxylic acids is 1. The molecule has 2 saturated heterocycles. The molecule has 0 spiro atoms. The average molecular weight is 479 g/mol. The van der Waals surface area contributed by atoms with Gasteiger partial charge in [-0.25, -0.2) is 4.98 Å². The number of carboxylic acid groups (broad SMARTS) is 1. The minimum absolute atomic E-state index is 0. The summed E-state index contributed by atoms with van der Waals surface area (Å²) in [6.45, 7) is 3.18. The number of anilines is 1. The first-order valence-electron chi connectivity index (χ1n) is 9.18. The van der Waals surface area contributed by atoms with Crippen molar-refractivity contribution in [3.05, 3.63) is 24.5 Å². The molecule has 0 bridgehead atoms. The first kappa shape index (κ1) is 24.7. The number of aromatic amines is 1. The van der Waals surface area contributed by atoms with E-state index in [-0.39, 0.29) is 35.2 Å². The summed E-state index contributed by atoms with van der Waals surface area (Å²) in [5, 5.41) is 14.9. The van der Waals surface area contributed by atoms with Crippen molar-refractivity contribution in [1.82, 2.24) is 20.2 Å². The number of carbonyl (C=O) groups is 3. The molecule has 2 fully saturated rings.